The second-order valence-corrected chi connectivity index (χ2v) is 3.77. The number of nitrogens with two attached hydrogens (primary N) is 1. The molecule has 0 spiro atoms. The van der Waals surface area contributed by atoms with Gasteiger partial charge in [0.05, 0.1) is 7.11 Å². The van der Waals surface area contributed by atoms with Gasteiger partial charge in [-0.25, -0.2) is 0 Å². The largest absolute Gasteiger partial charge is 0.496 e. The van der Waals surface area contributed by atoms with Gasteiger partial charge in [-0.05, 0) is 6.42 Å². The number of nitrogens with zero attached hydrogens (tertiary/aromatic N) is 3. The highest BCUT2D eigenvalue weighted by Crippen LogP contribution is 2.33. The summed E-state index contributed by atoms with van der Waals surface area (Å²) in [5.74, 6) is 1.83. The van der Waals surface area contributed by atoms with Crippen LogP contribution in [0.5, 0.6) is 5.75 Å². The molecule has 84 valence electrons. The van der Waals surface area contributed by atoms with Crippen molar-refractivity contribution in [2.75, 3.05) is 30.8 Å². The van der Waals surface area contributed by atoms with Crippen LogP contribution < -0.4 is 15.4 Å². The summed E-state index contributed by atoms with van der Waals surface area (Å²) in [5, 5.41) is 4.34. The van der Waals surface area contributed by atoms with Gasteiger partial charge in [-0.3, -0.25) is 0 Å². The minimum atomic E-state index is 0.314. The maximum Gasteiger partial charge on any atom is 0.265 e. The molecule has 6 nitrogen and oxygen atoms in total. The molecule has 0 atom stereocenters. The molecular weight excluding hydrogens is 208 g/mol. The van der Waals surface area contributed by atoms with Gasteiger partial charge in [0.1, 0.15) is 17.0 Å². The van der Waals surface area contributed by atoms with E-state index in [9.17, 15) is 0 Å². The Morgan fingerprint density at radius 3 is 2.94 bits per heavy atom. The number of rotatable bonds is 2. The Labute approximate surface area is 92.0 Å². The molecule has 0 amide bonds. The van der Waals surface area contributed by atoms with Gasteiger partial charge in [-0.1, -0.05) is 5.16 Å². The van der Waals surface area contributed by atoms with E-state index in [-0.39, 0.29) is 0 Å². The number of methoxy groups -OCH3 is 1. The first-order valence-electron chi connectivity index (χ1n) is 5.14. The van der Waals surface area contributed by atoms with E-state index < -0.39 is 0 Å². The third-order valence-electron chi connectivity index (χ3n) is 2.82. The van der Waals surface area contributed by atoms with Crippen LogP contribution in [-0.4, -0.2) is 30.3 Å². The molecule has 0 aliphatic carbocycles. The van der Waals surface area contributed by atoms with Gasteiger partial charge in [0.15, 0.2) is 5.82 Å². The molecule has 1 fully saturated rings. The molecule has 1 aliphatic rings. The summed E-state index contributed by atoms with van der Waals surface area (Å²) in [6.45, 7) is 2.04. The molecule has 0 aromatic carbocycles. The molecule has 2 N–H and O–H groups in total. The zero-order valence-electron chi connectivity index (χ0n) is 8.93. The SMILES string of the molecule is COc1cc(N2CCC2)nc2onc(N)c12. The molecule has 6 heteroatoms. The van der Waals surface area contributed by atoms with Gasteiger partial charge in [0, 0.05) is 19.2 Å². The Bertz CT molecular complexity index is 533. The lowest BCUT2D eigenvalue weighted by atomic mass is 10.2. The van der Waals surface area contributed by atoms with Crippen LogP contribution in [0.3, 0.4) is 0 Å². The molecule has 3 heterocycles. The van der Waals surface area contributed by atoms with Crippen molar-refractivity contribution in [1.29, 1.82) is 0 Å². The number of aromatic nitrogens is 2. The van der Waals surface area contributed by atoms with Crippen molar-refractivity contribution in [3.05, 3.63) is 6.07 Å². The Balaban J connectivity index is 2.18. The predicted octanol–water partition coefficient (Wildman–Crippen LogP) is 1.02. The average Bonchev–Trinajstić information content (AvgIpc) is 2.57. The molecule has 0 unspecified atom stereocenters. The summed E-state index contributed by atoms with van der Waals surface area (Å²) in [4.78, 5) is 6.52. The van der Waals surface area contributed by atoms with Crippen LogP contribution in [0.1, 0.15) is 6.42 Å². The lowest BCUT2D eigenvalue weighted by Crippen LogP contribution is -2.37. The number of fused-ring (bicyclic) bond motifs is 1. The zero-order valence-corrected chi connectivity index (χ0v) is 8.93. The molecule has 0 saturated carbocycles. The molecule has 0 radical (unpaired) electrons. The summed E-state index contributed by atoms with van der Waals surface area (Å²) >= 11 is 0. The van der Waals surface area contributed by atoms with Crippen LogP contribution in [-0.2, 0) is 0 Å². The fraction of sp³-hybridized carbons (Fsp3) is 0.400. The van der Waals surface area contributed by atoms with E-state index in [1.807, 2.05) is 6.07 Å². The first-order chi connectivity index (χ1) is 7.79. The topological polar surface area (TPSA) is 77.4 Å². The molecule has 3 rings (SSSR count). The Kier molecular flexibility index (Phi) is 1.89. The number of anilines is 2. The minimum Gasteiger partial charge on any atom is -0.496 e. The fourth-order valence-electron chi connectivity index (χ4n) is 1.80. The second-order valence-electron chi connectivity index (χ2n) is 3.77. The number of hydrogen-bond acceptors (Lipinski definition) is 6. The molecule has 2 aromatic heterocycles. The van der Waals surface area contributed by atoms with E-state index >= 15 is 0 Å². The third-order valence-corrected chi connectivity index (χ3v) is 2.82. The molecule has 1 aliphatic heterocycles. The van der Waals surface area contributed by atoms with Crippen molar-refractivity contribution < 1.29 is 9.26 Å². The Morgan fingerprint density at radius 2 is 2.31 bits per heavy atom. The zero-order chi connectivity index (χ0) is 11.1. The third kappa shape index (κ3) is 1.19. The van der Waals surface area contributed by atoms with Gasteiger partial charge >= 0.3 is 0 Å². The van der Waals surface area contributed by atoms with Crippen LogP contribution in [0.25, 0.3) is 11.1 Å². The van der Waals surface area contributed by atoms with Crippen LogP contribution in [0, 0.1) is 0 Å². The van der Waals surface area contributed by atoms with Crippen molar-refractivity contribution in [3.63, 3.8) is 0 Å². The van der Waals surface area contributed by atoms with Crippen molar-refractivity contribution in [2.45, 2.75) is 6.42 Å². The summed E-state index contributed by atoms with van der Waals surface area (Å²) in [5.41, 5.74) is 6.12. The predicted molar refractivity (Wildman–Crippen MR) is 59.6 cm³/mol. The molecule has 0 bridgehead atoms. The molecule has 16 heavy (non-hydrogen) atoms. The molecule has 1 saturated heterocycles. The van der Waals surface area contributed by atoms with Crippen LogP contribution in [0.4, 0.5) is 11.6 Å². The number of nitrogen functional groups attached to an aromatic ring is 1. The van der Waals surface area contributed by atoms with Gasteiger partial charge < -0.3 is 19.9 Å². The van der Waals surface area contributed by atoms with E-state index in [4.69, 9.17) is 15.0 Å². The maximum atomic E-state index is 5.69. The first kappa shape index (κ1) is 9.26. The van der Waals surface area contributed by atoms with Gasteiger partial charge in [0.25, 0.3) is 5.71 Å². The van der Waals surface area contributed by atoms with Crippen LogP contribution in [0.2, 0.25) is 0 Å². The molecule has 2 aromatic rings. The van der Waals surface area contributed by atoms with Gasteiger partial charge in [0.2, 0.25) is 0 Å². The monoisotopic (exact) mass is 220 g/mol. The van der Waals surface area contributed by atoms with E-state index in [0.29, 0.717) is 22.7 Å². The first-order valence-corrected chi connectivity index (χ1v) is 5.14. The Morgan fingerprint density at radius 1 is 1.50 bits per heavy atom. The lowest BCUT2D eigenvalue weighted by molar-refractivity contribution is 0.417. The highest BCUT2D eigenvalue weighted by atomic mass is 16.5. The van der Waals surface area contributed by atoms with Crippen molar-refractivity contribution in [1.82, 2.24) is 10.1 Å². The number of ether oxygens (including phenoxy) is 1. The van der Waals surface area contributed by atoms with Crippen LogP contribution in [0.15, 0.2) is 10.6 Å². The fourth-order valence-corrected chi connectivity index (χ4v) is 1.80. The average molecular weight is 220 g/mol. The van der Waals surface area contributed by atoms with Crippen molar-refractivity contribution in [3.8, 4) is 5.75 Å². The minimum absolute atomic E-state index is 0.314. The van der Waals surface area contributed by atoms with Crippen molar-refractivity contribution in [2.24, 2.45) is 0 Å². The maximum absolute atomic E-state index is 5.69. The summed E-state index contributed by atoms with van der Waals surface area (Å²) in [6.07, 6.45) is 1.20. The smallest absolute Gasteiger partial charge is 0.265 e. The van der Waals surface area contributed by atoms with E-state index in [1.165, 1.54) is 6.42 Å². The summed E-state index contributed by atoms with van der Waals surface area (Å²) < 4.78 is 10.3. The molecular formula is C10H12N4O2. The lowest BCUT2D eigenvalue weighted by Gasteiger charge is -2.31. The standard InChI is InChI=1S/C10H12N4O2/c1-15-6-5-7(14-3-2-4-14)12-10-8(6)9(11)13-16-10/h5H,2-4H2,1H3,(H2,11,13). The van der Waals surface area contributed by atoms with Crippen LogP contribution >= 0.6 is 0 Å². The highest BCUT2D eigenvalue weighted by molar-refractivity contribution is 5.91. The summed E-state index contributed by atoms with van der Waals surface area (Å²) in [6, 6.07) is 1.87. The quantitative estimate of drug-likeness (QED) is 0.814. The van der Waals surface area contributed by atoms with Gasteiger partial charge in [-0.15, -0.1) is 0 Å². The number of pyridine rings is 1. The second kappa shape index (κ2) is 3.26. The van der Waals surface area contributed by atoms with E-state index in [1.54, 1.807) is 7.11 Å². The van der Waals surface area contributed by atoms with E-state index in [2.05, 4.69) is 15.0 Å². The summed E-state index contributed by atoms with van der Waals surface area (Å²) in [7, 11) is 1.60. The highest BCUT2D eigenvalue weighted by Gasteiger charge is 2.20. The number of hydrogen-bond donors (Lipinski definition) is 1. The van der Waals surface area contributed by atoms with Crippen molar-refractivity contribution >= 4 is 22.7 Å². The Hall–Kier alpha value is -1.98. The normalized spacial score (nSPS) is 15.2. The van der Waals surface area contributed by atoms with Gasteiger partial charge in [-0.2, -0.15) is 4.98 Å². The van der Waals surface area contributed by atoms with E-state index in [0.717, 1.165) is 18.9 Å².